The monoisotopic (exact) mass is 444 g/mol. The van der Waals surface area contributed by atoms with E-state index in [0.717, 1.165) is 62.5 Å². The average Bonchev–Trinajstić information content (AvgIpc) is 3.55. The smallest absolute Gasteiger partial charge is 0.410 e. The predicted molar refractivity (Wildman–Crippen MR) is 118 cm³/mol. The minimum atomic E-state index is -0.609. The molecule has 1 aromatic carbocycles. The number of hydrogen-bond acceptors (Lipinski definition) is 6. The number of ether oxygens (including phenoxy) is 1. The molecule has 32 heavy (non-hydrogen) atoms. The third kappa shape index (κ3) is 6.02. The van der Waals surface area contributed by atoms with E-state index < -0.39 is 5.97 Å². The number of carbonyl (C=O) groups is 2. The van der Waals surface area contributed by atoms with Gasteiger partial charge in [-0.3, -0.25) is 4.79 Å². The molecule has 4 rings (SSSR count). The maximum Gasteiger partial charge on any atom is 0.410 e. The summed E-state index contributed by atoms with van der Waals surface area (Å²) in [5, 5.41) is 21.8. The Morgan fingerprint density at radius 2 is 1.69 bits per heavy atom. The van der Waals surface area contributed by atoms with Crippen molar-refractivity contribution in [2.24, 2.45) is 5.92 Å². The number of aliphatic carboxylic acids is 1. The second kappa shape index (κ2) is 11.0. The number of carbonyl (C=O) groups excluding carboxylic acids is 1. The zero-order chi connectivity index (χ0) is 23.1. The van der Waals surface area contributed by atoms with E-state index >= 15 is 0 Å². The van der Waals surface area contributed by atoms with Crippen molar-refractivity contribution < 1.29 is 29.1 Å². The Bertz CT molecular complexity index is 896. The Morgan fingerprint density at radius 3 is 2.25 bits per heavy atom. The molecular weight excluding hydrogens is 412 g/mol. The van der Waals surface area contributed by atoms with Crippen molar-refractivity contribution in [1.82, 2.24) is 10.1 Å². The average molecular weight is 445 g/mol. The number of aromatic hydroxyl groups is 1. The Morgan fingerprint density at radius 1 is 1.09 bits per heavy atom. The molecule has 1 amide bonds. The number of benzene rings is 1. The molecule has 2 aliphatic rings. The van der Waals surface area contributed by atoms with Crippen molar-refractivity contribution in [2.45, 2.75) is 70.9 Å². The molecule has 2 aromatic rings. The summed E-state index contributed by atoms with van der Waals surface area (Å²) < 4.78 is 10.8. The Hall–Kier alpha value is -3.03. The highest BCUT2D eigenvalue weighted by Gasteiger charge is 2.25. The fourth-order valence-electron chi connectivity index (χ4n) is 4.25. The van der Waals surface area contributed by atoms with E-state index in [4.69, 9.17) is 14.4 Å². The lowest BCUT2D eigenvalue weighted by atomic mass is 10.1. The first-order valence-electron chi connectivity index (χ1n) is 11.2. The molecule has 174 valence electrons. The van der Waals surface area contributed by atoms with Gasteiger partial charge >= 0.3 is 12.1 Å². The first kappa shape index (κ1) is 23.6. The second-order valence-corrected chi connectivity index (χ2v) is 8.55. The van der Waals surface area contributed by atoms with E-state index in [1.54, 1.807) is 36.2 Å². The van der Waals surface area contributed by atoms with E-state index in [1.165, 1.54) is 0 Å². The third-order valence-corrected chi connectivity index (χ3v) is 6.32. The van der Waals surface area contributed by atoms with Crippen LogP contribution in [0.4, 0.5) is 4.79 Å². The Balaban J connectivity index is 0.000000305. The fourth-order valence-corrected chi connectivity index (χ4v) is 4.25. The number of phenolic OH excluding ortho intramolecular Hbond substituents is 1. The number of carboxylic acid groups (broad SMARTS) is 1. The molecule has 0 bridgehead atoms. The van der Waals surface area contributed by atoms with Gasteiger partial charge in [0, 0.05) is 18.7 Å². The third-order valence-electron chi connectivity index (χ3n) is 6.32. The van der Waals surface area contributed by atoms with Crippen molar-refractivity contribution in [1.29, 1.82) is 0 Å². The Kier molecular flexibility index (Phi) is 8.14. The van der Waals surface area contributed by atoms with Crippen LogP contribution in [0.5, 0.6) is 5.75 Å². The highest BCUT2D eigenvalue weighted by atomic mass is 16.6. The maximum absolute atomic E-state index is 12.2. The van der Waals surface area contributed by atoms with E-state index in [-0.39, 0.29) is 30.4 Å². The number of carboxylic acids is 1. The first-order valence-corrected chi connectivity index (χ1v) is 11.2. The van der Waals surface area contributed by atoms with Crippen LogP contribution in [0.15, 0.2) is 28.8 Å². The molecule has 8 heteroatoms. The van der Waals surface area contributed by atoms with Gasteiger partial charge < -0.3 is 24.4 Å². The van der Waals surface area contributed by atoms with Crippen LogP contribution in [0.3, 0.4) is 0 Å². The standard InChI is InChI=1S/C18H22N2O4.C6H10O2/c1-12-16(11-23-18(22)20(2)14-5-3-4-6-14)17(24-19-12)13-7-9-15(21)10-8-13;7-6(8)5-3-1-2-4-5/h7-10,14,21H,3-6,11H2,1-2H3;5H,1-4H2,(H,7,8). The van der Waals surface area contributed by atoms with Gasteiger partial charge in [-0.05, 0) is 56.9 Å². The van der Waals surface area contributed by atoms with Gasteiger partial charge in [0.1, 0.15) is 12.4 Å². The largest absolute Gasteiger partial charge is 0.508 e. The summed E-state index contributed by atoms with van der Waals surface area (Å²) >= 11 is 0. The summed E-state index contributed by atoms with van der Waals surface area (Å²) in [7, 11) is 1.79. The van der Waals surface area contributed by atoms with Crippen molar-refractivity contribution in [3.8, 4) is 17.1 Å². The molecule has 1 heterocycles. The predicted octanol–water partition coefficient (Wildman–Crippen LogP) is 5.13. The van der Waals surface area contributed by atoms with Crippen LogP contribution in [0.1, 0.15) is 62.6 Å². The lowest BCUT2D eigenvalue weighted by molar-refractivity contribution is -0.141. The maximum atomic E-state index is 12.2. The number of nitrogens with zero attached hydrogens (tertiary/aromatic N) is 2. The second-order valence-electron chi connectivity index (χ2n) is 8.55. The molecule has 2 fully saturated rings. The summed E-state index contributed by atoms with van der Waals surface area (Å²) in [6, 6.07) is 6.92. The SMILES string of the molecule is Cc1noc(-c2ccc(O)cc2)c1COC(=O)N(C)C1CCCC1.O=C(O)C1CCCC1. The number of rotatable bonds is 5. The zero-order valence-corrected chi connectivity index (χ0v) is 18.7. The van der Waals surface area contributed by atoms with Crippen LogP contribution in [0.2, 0.25) is 0 Å². The van der Waals surface area contributed by atoms with Crippen molar-refractivity contribution in [2.75, 3.05) is 7.05 Å². The summed E-state index contributed by atoms with van der Waals surface area (Å²) in [5.41, 5.74) is 2.21. The van der Waals surface area contributed by atoms with Gasteiger partial charge in [-0.2, -0.15) is 0 Å². The van der Waals surface area contributed by atoms with E-state index in [9.17, 15) is 14.7 Å². The molecule has 2 aliphatic carbocycles. The lowest BCUT2D eigenvalue weighted by Crippen LogP contribution is -2.35. The van der Waals surface area contributed by atoms with E-state index in [2.05, 4.69) is 5.16 Å². The number of amides is 1. The molecule has 0 radical (unpaired) electrons. The van der Waals surface area contributed by atoms with E-state index in [1.807, 2.05) is 6.92 Å². The number of aryl methyl sites for hydroxylation is 1. The molecule has 0 aliphatic heterocycles. The van der Waals surface area contributed by atoms with Crippen LogP contribution >= 0.6 is 0 Å². The van der Waals surface area contributed by atoms with Crippen LogP contribution in [0.25, 0.3) is 11.3 Å². The van der Waals surface area contributed by atoms with Gasteiger partial charge in [-0.1, -0.05) is 30.8 Å². The van der Waals surface area contributed by atoms with Gasteiger partial charge in [0.05, 0.1) is 17.2 Å². The number of hydrogen-bond donors (Lipinski definition) is 2. The lowest BCUT2D eigenvalue weighted by Gasteiger charge is -2.23. The van der Waals surface area contributed by atoms with Gasteiger partial charge in [-0.25, -0.2) is 4.79 Å². The highest BCUT2D eigenvalue weighted by molar-refractivity contribution is 5.70. The van der Waals surface area contributed by atoms with Crippen molar-refractivity contribution in [3.63, 3.8) is 0 Å². The quantitative estimate of drug-likeness (QED) is 0.657. The normalized spacial score (nSPS) is 16.4. The summed E-state index contributed by atoms with van der Waals surface area (Å²) in [6.45, 7) is 1.93. The fraction of sp³-hybridized carbons (Fsp3) is 0.542. The van der Waals surface area contributed by atoms with Gasteiger partial charge in [-0.15, -0.1) is 0 Å². The molecular formula is C24H32N2O6. The van der Waals surface area contributed by atoms with Gasteiger partial charge in [0.15, 0.2) is 5.76 Å². The minimum absolute atomic E-state index is 0.0185. The number of phenols is 1. The molecule has 1 aromatic heterocycles. The molecule has 0 unspecified atom stereocenters. The summed E-state index contributed by atoms with van der Waals surface area (Å²) in [6.07, 6.45) is 8.10. The molecule has 2 saturated carbocycles. The summed E-state index contributed by atoms with van der Waals surface area (Å²) in [4.78, 5) is 24.1. The van der Waals surface area contributed by atoms with Crippen LogP contribution in [0, 0.1) is 12.8 Å². The van der Waals surface area contributed by atoms with Gasteiger partial charge in [0.2, 0.25) is 0 Å². The van der Waals surface area contributed by atoms with Gasteiger partial charge in [0.25, 0.3) is 0 Å². The first-order chi connectivity index (χ1) is 15.4. The molecule has 0 saturated heterocycles. The summed E-state index contributed by atoms with van der Waals surface area (Å²) in [5.74, 6) is 0.113. The Labute approximate surface area is 188 Å². The van der Waals surface area contributed by atoms with E-state index in [0.29, 0.717) is 11.5 Å². The topological polar surface area (TPSA) is 113 Å². The molecule has 2 N–H and O–H groups in total. The minimum Gasteiger partial charge on any atom is -0.508 e. The molecule has 8 nitrogen and oxygen atoms in total. The van der Waals surface area contributed by atoms with Crippen LogP contribution in [-0.2, 0) is 16.1 Å². The molecule has 0 spiro atoms. The van der Waals surface area contributed by atoms with Crippen LogP contribution in [-0.4, -0.2) is 45.4 Å². The van der Waals surface area contributed by atoms with Crippen molar-refractivity contribution in [3.05, 3.63) is 35.5 Å². The van der Waals surface area contributed by atoms with Crippen molar-refractivity contribution >= 4 is 12.1 Å². The zero-order valence-electron chi connectivity index (χ0n) is 18.7. The number of aromatic nitrogens is 1. The molecule has 0 atom stereocenters. The highest BCUT2D eigenvalue weighted by Crippen LogP contribution is 2.29. The van der Waals surface area contributed by atoms with Crippen LogP contribution < -0.4 is 0 Å².